The maximum atomic E-state index is 5.24. The highest BCUT2D eigenvalue weighted by Crippen LogP contribution is 2.25. The van der Waals surface area contributed by atoms with Crippen LogP contribution in [-0.4, -0.2) is 33.9 Å². The first-order valence-electron chi connectivity index (χ1n) is 6.85. The van der Waals surface area contributed by atoms with E-state index in [-0.39, 0.29) is 11.0 Å². The summed E-state index contributed by atoms with van der Waals surface area (Å²) < 4.78 is 7.11. The number of fused-ring (bicyclic) bond motifs is 1. The van der Waals surface area contributed by atoms with Gasteiger partial charge >= 0.3 is 0 Å². The van der Waals surface area contributed by atoms with Crippen molar-refractivity contribution >= 4 is 11.3 Å². The van der Waals surface area contributed by atoms with E-state index in [1.54, 1.807) is 13.3 Å². The van der Waals surface area contributed by atoms with E-state index in [9.17, 15) is 0 Å². The number of ether oxygens (including phenoxy) is 1. The molecule has 0 radical (unpaired) electrons. The van der Waals surface area contributed by atoms with Gasteiger partial charge < -0.3 is 10.1 Å². The molecule has 2 rings (SSSR count). The molecule has 0 saturated carbocycles. The minimum atomic E-state index is -0.185. The van der Waals surface area contributed by atoms with Crippen LogP contribution in [0.5, 0.6) is 0 Å². The highest BCUT2D eigenvalue weighted by molar-refractivity contribution is 5.68. The van der Waals surface area contributed by atoms with Crippen molar-refractivity contribution in [3.05, 3.63) is 24.2 Å². The van der Waals surface area contributed by atoms with E-state index in [0.29, 0.717) is 6.61 Å². The zero-order valence-corrected chi connectivity index (χ0v) is 13.2. The van der Waals surface area contributed by atoms with Crippen LogP contribution in [-0.2, 0) is 10.2 Å². The van der Waals surface area contributed by atoms with Gasteiger partial charge in [0.15, 0.2) is 5.82 Å². The summed E-state index contributed by atoms with van der Waals surface area (Å²) in [4.78, 5) is 4.44. The summed E-state index contributed by atoms with van der Waals surface area (Å²) in [5.74, 6) is 0.831. The van der Waals surface area contributed by atoms with Crippen LogP contribution in [0, 0.1) is 0 Å². The molecule has 0 bridgehead atoms. The maximum Gasteiger partial charge on any atom is 0.152 e. The molecule has 5 heteroatoms. The van der Waals surface area contributed by atoms with Gasteiger partial charge in [-0.25, -0.2) is 9.50 Å². The average Bonchev–Trinajstić information content (AvgIpc) is 2.72. The lowest BCUT2D eigenvalue weighted by Crippen LogP contribution is -2.36. The fourth-order valence-corrected chi connectivity index (χ4v) is 2.10. The first kappa shape index (κ1) is 14.8. The lowest BCUT2D eigenvalue weighted by Gasteiger charge is -2.26. The third kappa shape index (κ3) is 3.10. The van der Waals surface area contributed by atoms with Crippen LogP contribution >= 0.6 is 0 Å². The maximum absolute atomic E-state index is 5.24. The third-order valence-corrected chi connectivity index (χ3v) is 3.12. The van der Waals surface area contributed by atoms with Crippen molar-refractivity contribution in [2.75, 3.05) is 19.0 Å². The molecule has 0 atom stereocenters. The fourth-order valence-electron chi connectivity index (χ4n) is 2.10. The Hall–Kier alpha value is -1.62. The van der Waals surface area contributed by atoms with Crippen LogP contribution in [0.2, 0.25) is 0 Å². The quantitative estimate of drug-likeness (QED) is 0.933. The molecule has 2 aromatic heterocycles. The monoisotopic (exact) mass is 276 g/mol. The molecule has 20 heavy (non-hydrogen) atoms. The predicted octanol–water partition coefficient (Wildman–Crippen LogP) is 2.86. The molecule has 1 N–H and O–H groups in total. The molecular weight excluding hydrogens is 252 g/mol. The Morgan fingerprint density at radius 3 is 2.55 bits per heavy atom. The number of rotatable bonds is 4. The highest BCUT2D eigenvalue weighted by Gasteiger charge is 2.22. The van der Waals surface area contributed by atoms with Gasteiger partial charge in [-0.1, -0.05) is 20.8 Å². The molecule has 5 nitrogen and oxygen atoms in total. The first-order valence-corrected chi connectivity index (χ1v) is 6.85. The molecule has 0 fully saturated rings. The number of hydrogen-bond acceptors (Lipinski definition) is 4. The highest BCUT2D eigenvalue weighted by atomic mass is 16.5. The number of nitrogens with zero attached hydrogens (tertiary/aromatic N) is 3. The molecule has 0 aliphatic rings. The normalized spacial score (nSPS) is 12.9. The molecule has 2 heterocycles. The lowest BCUT2D eigenvalue weighted by molar-refractivity contribution is 0.158. The van der Waals surface area contributed by atoms with Gasteiger partial charge in [-0.2, -0.15) is 5.10 Å². The van der Waals surface area contributed by atoms with Gasteiger partial charge in [-0.15, -0.1) is 0 Å². The number of nitrogens with one attached hydrogen (secondary N) is 1. The second-order valence-corrected chi connectivity index (χ2v) is 6.83. The Labute approximate surface area is 120 Å². The van der Waals surface area contributed by atoms with E-state index in [4.69, 9.17) is 4.74 Å². The summed E-state index contributed by atoms with van der Waals surface area (Å²) in [6.07, 6.45) is 3.64. The summed E-state index contributed by atoms with van der Waals surface area (Å²) in [7, 11) is 1.70. The van der Waals surface area contributed by atoms with Crippen LogP contribution in [0.15, 0.2) is 18.5 Å². The molecule has 0 aliphatic heterocycles. The summed E-state index contributed by atoms with van der Waals surface area (Å²) in [5.41, 5.74) is 1.88. The third-order valence-electron chi connectivity index (χ3n) is 3.12. The molecule has 110 valence electrons. The van der Waals surface area contributed by atoms with Crippen molar-refractivity contribution in [1.82, 2.24) is 14.6 Å². The molecule has 0 saturated heterocycles. The topological polar surface area (TPSA) is 51.5 Å². The summed E-state index contributed by atoms with van der Waals surface area (Å²) in [6, 6.07) is 2.10. The lowest BCUT2D eigenvalue weighted by atomic mass is 9.92. The SMILES string of the molecule is COCC(C)(C)Nc1nccn2nc(C(C)(C)C)cc12. The van der Waals surface area contributed by atoms with Gasteiger partial charge in [0.25, 0.3) is 0 Å². The molecule has 0 spiro atoms. The van der Waals surface area contributed by atoms with Gasteiger partial charge in [-0.05, 0) is 19.9 Å². The van der Waals surface area contributed by atoms with Crippen LogP contribution in [0.4, 0.5) is 5.82 Å². The van der Waals surface area contributed by atoms with Gasteiger partial charge in [-0.3, -0.25) is 0 Å². The summed E-state index contributed by atoms with van der Waals surface area (Å²) >= 11 is 0. The minimum absolute atomic E-state index is 0.0192. The number of methoxy groups -OCH3 is 1. The standard InChI is InChI=1S/C15H24N4O/c1-14(2,3)12-9-11-13(16-7-8-19(11)18-12)17-15(4,5)10-20-6/h7-9H,10H2,1-6H3,(H,16,17). The minimum Gasteiger partial charge on any atom is -0.382 e. The second kappa shape index (κ2) is 5.05. The van der Waals surface area contributed by atoms with Gasteiger partial charge in [0, 0.05) is 24.9 Å². The van der Waals surface area contributed by atoms with Crippen LogP contribution < -0.4 is 5.32 Å². The zero-order valence-electron chi connectivity index (χ0n) is 13.2. The van der Waals surface area contributed by atoms with Crippen LogP contribution in [0.3, 0.4) is 0 Å². The van der Waals surface area contributed by atoms with Gasteiger partial charge in [0.1, 0.15) is 5.52 Å². The molecular formula is C15H24N4O. The van der Waals surface area contributed by atoms with E-state index in [2.05, 4.69) is 56.1 Å². The predicted molar refractivity (Wildman–Crippen MR) is 81.3 cm³/mol. The Morgan fingerprint density at radius 2 is 1.95 bits per heavy atom. The average molecular weight is 276 g/mol. The van der Waals surface area contributed by atoms with Crippen molar-refractivity contribution in [2.24, 2.45) is 0 Å². The van der Waals surface area contributed by atoms with E-state index in [1.807, 2.05) is 10.7 Å². The van der Waals surface area contributed by atoms with Gasteiger partial charge in [0.05, 0.1) is 17.8 Å². The molecule has 0 aromatic carbocycles. The number of hydrogen-bond donors (Lipinski definition) is 1. The Balaban J connectivity index is 2.42. The van der Waals surface area contributed by atoms with Crippen molar-refractivity contribution in [2.45, 2.75) is 45.6 Å². The Kier molecular flexibility index (Phi) is 3.73. The number of anilines is 1. The van der Waals surface area contributed by atoms with Crippen LogP contribution in [0.25, 0.3) is 5.52 Å². The molecule has 0 amide bonds. The van der Waals surface area contributed by atoms with Crippen molar-refractivity contribution in [3.8, 4) is 0 Å². The largest absolute Gasteiger partial charge is 0.382 e. The van der Waals surface area contributed by atoms with E-state index < -0.39 is 0 Å². The summed E-state index contributed by atoms with van der Waals surface area (Å²) in [6.45, 7) is 11.2. The van der Waals surface area contributed by atoms with Crippen molar-refractivity contribution < 1.29 is 4.74 Å². The summed E-state index contributed by atoms with van der Waals surface area (Å²) in [5, 5.41) is 8.06. The number of aromatic nitrogens is 3. The van der Waals surface area contributed by atoms with Gasteiger partial charge in [0.2, 0.25) is 0 Å². The second-order valence-electron chi connectivity index (χ2n) is 6.83. The van der Waals surface area contributed by atoms with Crippen LogP contribution in [0.1, 0.15) is 40.3 Å². The fraction of sp³-hybridized carbons (Fsp3) is 0.600. The van der Waals surface area contributed by atoms with E-state index >= 15 is 0 Å². The smallest absolute Gasteiger partial charge is 0.152 e. The Bertz CT molecular complexity index is 595. The molecule has 2 aromatic rings. The van der Waals surface area contributed by atoms with Crippen molar-refractivity contribution in [3.63, 3.8) is 0 Å². The molecule has 0 unspecified atom stereocenters. The van der Waals surface area contributed by atoms with Crippen molar-refractivity contribution in [1.29, 1.82) is 0 Å². The van der Waals surface area contributed by atoms with E-state index in [1.165, 1.54) is 0 Å². The van der Waals surface area contributed by atoms with E-state index in [0.717, 1.165) is 17.0 Å². The first-order chi connectivity index (χ1) is 9.23. The Morgan fingerprint density at radius 1 is 1.25 bits per heavy atom. The molecule has 0 aliphatic carbocycles. The zero-order chi connectivity index (χ0) is 15.0.